The van der Waals surface area contributed by atoms with E-state index in [0.717, 1.165) is 22.6 Å². The number of carbonyl (C=O) groups is 2. The van der Waals surface area contributed by atoms with E-state index in [0.29, 0.717) is 29.9 Å². The first kappa shape index (κ1) is 22.6. The summed E-state index contributed by atoms with van der Waals surface area (Å²) in [5.74, 6) is -1.50. The van der Waals surface area contributed by atoms with Crippen molar-refractivity contribution in [1.82, 2.24) is 9.88 Å². The standard InChI is InChI=1S/C26H19F3N2O4/c27-26(28,29)19-5-1-3-15(11-19)14-31-22(18-4-2-9-30-13-18)21(24(33)25(31)34)23(32)17-6-7-20-16(12-17)8-10-35-20/h1-7,9,11-13,22,32H,8,10,14H2/b23-21-. The van der Waals surface area contributed by atoms with Gasteiger partial charge < -0.3 is 14.7 Å². The Kier molecular flexibility index (Phi) is 5.55. The minimum atomic E-state index is -4.55. The van der Waals surface area contributed by atoms with Crippen molar-refractivity contribution in [3.63, 3.8) is 0 Å². The number of aliphatic hydroxyl groups is 1. The molecule has 0 saturated carbocycles. The molecule has 3 heterocycles. The second-order valence-electron chi connectivity index (χ2n) is 8.33. The summed E-state index contributed by atoms with van der Waals surface area (Å²) in [5.41, 5.74) is 0.860. The summed E-state index contributed by atoms with van der Waals surface area (Å²) in [6, 6.07) is 11.8. The van der Waals surface area contributed by atoms with Crippen molar-refractivity contribution in [2.75, 3.05) is 6.61 Å². The third-order valence-corrected chi connectivity index (χ3v) is 6.11. The van der Waals surface area contributed by atoms with E-state index in [-0.39, 0.29) is 23.4 Å². The van der Waals surface area contributed by atoms with E-state index < -0.39 is 29.5 Å². The van der Waals surface area contributed by atoms with Crippen LogP contribution in [0.3, 0.4) is 0 Å². The zero-order valence-electron chi connectivity index (χ0n) is 18.2. The van der Waals surface area contributed by atoms with E-state index in [1.165, 1.54) is 24.5 Å². The van der Waals surface area contributed by atoms with Gasteiger partial charge >= 0.3 is 6.18 Å². The molecule has 35 heavy (non-hydrogen) atoms. The average molecular weight is 480 g/mol. The van der Waals surface area contributed by atoms with E-state index >= 15 is 0 Å². The number of rotatable bonds is 4. The fourth-order valence-electron chi connectivity index (χ4n) is 4.46. The number of pyridine rings is 1. The lowest BCUT2D eigenvalue weighted by Gasteiger charge is -2.25. The number of ketones is 1. The largest absolute Gasteiger partial charge is 0.507 e. The van der Waals surface area contributed by atoms with Crippen LogP contribution in [0, 0.1) is 0 Å². The summed E-state index contributed by atoms with van der Waals surface area (Å²) in [7, 11) is 0. The highest BCUT2D eigenvalue weighted by molar-refractivity contribution is 6.46. The summed E-state index contributed by atoms with van der Waals surface area (Å²) in [4.78, 5) is 31.4. The van der Waals surface area contributed by atoms with E-state index in [9.17, 15) is 27.9 Å². The number of ether oxygens (including phenoxy) is 1. The first-order chi connectivity index (χ1) is 16.7. The number of amides is 1. The number of nitrogens with zero attached hydrogens (tertiary/aromatic N) is 2. The summed E-state index contributed by atoms with van der Waals surface area (Å²) >= 11 is 0. The smallest absolute Gasteiger partial charge is 0.416 e. The topological polar surface area (TPSA) is 79.7 Å². The van der Waals surface area contributed by atoms with Crippen LogP contribution in [0.25, 0.3) is 5.76 Å². The van der Waals surface area contributed by atoms with Crippen LogP contribution in [0.4, 0.5) is 13.2 Å². The molecule has 1 fully saturated rings. The molecule has 0 radical (unpaired) electrons. The van der Waals surface area contributed by atoms with Gasteiger partial charge in [-0.1, -0.05) is 18.2 Å². The first-order valence-electron chi connectivity index (χ1n) is 10.8. The van der Waals surface area contributed by atoms with Gasteiger partial charge in [0.15, 0.2) is 0 Å². The van der Waals surface area contributed by atoms with E-state index in [1.807, 2.05) is 0 Å². The van der Waals surface area contributed by atoms with Crippen LogP contribution in [-0.4, -0.2) is 33.3 Å². The van der Waals surface area contributed by atoms with Gasteiger partial charge in [0.05, 0.1) is 23.8 Å². The van der Waals surface area contributed by atoms with Crippen molar-refractivity contribution >= 4 is 17.4 Å². The van der Waals surface area contributed by atoms with Gasteiger partial charge in [-0.15, -0.1) is 0 Å². The minimum Gasteiger partial charge on any atom is -0.507 e. The lowest BCUT2D eigenvalue weighted by atomic mass is 9.95. The Hall–Kier alpha value is -4.14. The summed E-state index contributed by atoms with van der Waals surface area (Å²) in [6.45, 7) is 0.249. The van der Waals surface area contributed by atoms with Crippen molar-refractivity contribution in [3.05, 3.63) is 100 Å². The molecule has 3 aromatic rings. The maximum Gasteiger partial charge on any atom is 0.416 e. The molecule has 5 rings (SSSR count). The number of fused-ring (bicyclic) bond motifs is 1. The molecule has 1 saturated heterocycles. The molecule has 1 amide bonds. The fourth-order valence-corrected chi connectivity index (χ4v) is 4.46. The number of aliphatic hydroxyl groups excluding tert-OH is 1. The van der Waals surface area contributed by atoms with Crippen molar-refractivity contribution in [1.29, 1.82) is 0 Å². The zero-order chi connectivity index (χ0) is 24.7. The molecule has 2 aliphatic rings. The van der Waals surface area contributed by atoms with E-state index in [2.05, 4.69) is 4.98 Å². The van der Waals surface area contributed by atoms with E-state index in [1.54, 1.807) is 30.3 Å². The van der Waals surface area contributed by atoms with Gasteiger partial charge in [0.25, 0.3) is 11.7 Å². The number of halogens is 3. The molecule has 0 spiro atoms. The van der Waals surface area contributed by atoms with Crippen LogP contribution >= 0.6 is 0 Å². The number of alkyl halides is 3. The Labute approximate surface area is 198 Å². The molecule has 0 bridgehead atoms. The molecule has 1 N–H and O–H groups in total. The molecule has 0 aliphatic carbocycles. The first-order valence-corrected chi connectivity index (χ1v) is 10.8. The van der Waals surface area contributed by atoms with Gasteiger partial charge in [-0.25, -0.2) is 0 Å². The van der Waals surface area contributed by atoms with Crippen LogP contribution in [0.5, 0.6) is 5.75 Å². The molecule has 2 aliphatic heterocycles. The maximum atomic E-state index is 13.2. The second kappa shape index (κ2) is 8.57. The third kappa shape index (κ3) is 4.14. The number of hydrogen-bond donors (Lipinski definition) is 1. The quantitative estimate of drug-likeness (QED) is 0.334. The summed E-state index contributed by atoms with van der Waals surface area (Å²) < 4.78 is 45.1. The van der Waals surface area contributed by atoms with Gasteiger partial charge in [0.1, 0.15) is 11.5 Å². The predicted octanol–water partition coefficient (Wildman–Crippen LogP) is 4.66. The van der Waals surface area contributed by atoms with Gasteiger partial charge in [-0.3, -0.25) is 14.6 Å². The molecule has 9 heteroatoms. The maximum absolute atomic E-state index is 13.2. The normalized spacial score (nSPS) is 19.1. The number of Topliss-reactive ketones (excluding diaryl/α,β-unsaturated/α-hetero) is 1. The van der Waals surface area contributed by atoms with Gasteiger partial charge in [0, 0.05) is 30.9 Å². The lowest BCUT2D eigenvalue weighted by Crippen LogP contribution is -2.29. The van der Waals surface area contributed by atoms with Crippen LogP contribution in [-0.2, 0) is 28.7 Å². The number of hydrogen-bond acceptors (Lipinski definition) is 5. The van der Waals surface area contributed by atoms with Gasteiger partial charge in [-0.05, 0) is 53.1 Å². The molecule has 1 unspecified atom stereocenters. The van der Waals surface area contributed by atoms with Crippen LogP contribution in [0.15, 0.2) is 72.6 Å². The third-order valence-electron chi connectivity index (χ3n) is 6.11. The minimum absolute atomic E-state index is 0.145. The fraction of sp³-hybridized carbons (Fsp3) is 0.192. The zero-order valence-corrected chi connectivity index (χ0v) is 18.2. The summed E-state index contributed by atoms with van der Waals surface area (Å²) in [6.07, 6.45) is -0.931. The Morgan fingerprint density at radius 2 is 1.94 bits per heavy atom. The number of benzene rings is 2. The van der Waals surface area contributed by atoms with Gasteiger partial charge in [-0.2, -0.15) is 13.2 Å². The van der Waals surface area contributed by atoms with Crippen LogP contribution in [0.1, 0.15) is 33.9 Å². The SMILES string of the molecule is O=C1C(=O)N(Cc2cccc(C(F)(F)F)c2)C(c2cccnc2)/C1=C(/O)c1ccc2c(c1)CCO2. The van der Waals surface area contributed by atoms with Gasteiger partial charge in [0.2, 0.25) is 0 Å². The molecule has 1 aromatic heterocycles. The molecular formula is C26H19F3N2O4. The Morgan fingerprint density at radius 1 is 1.11 bits per heavy atom. The van der Waals surface area contributed by atoms with Crippen LogP contribution < -0.4 is 4.74 Å². The molecule has 1 atom stereocenters. The predicted molar refractivity (Wildman–Crippen MR) is 119 cm³/mol. The second-order valence-corrected chi connectivity index (χ2v) is 8.33. The molecular weight excluding hydrogens is 461 g/mol. The highest BCUT2D eigenvalue weighted by Crippen LogP contribution is 2.41. The van der Waals surface area contributed by atoms with Crippen LogP contribution in [0.2, 0.25) is 0 Å². The van der Waals surface area contributed by atoms with E-state index in [4.69, 9.17) is 4.74 Å². The molecule has 178 valence electrons. The van der Waals surface area contributed by atoms with Crippen molar-refractivity contribution < 1.29 is 32.6 Å². The number of aromatic nitrogens is 1. The summed E-state index contributed by atoms with van der Waals surface area (Å²) in [5, 5.41) is 11.2. The Bertz CT molecular complexity index is 1350. The number of carbonyl (C=O) groups excluding carboxylic acids is 2. The highest BCUT2D eigenvalue weighted by Gasteiger charge is 2.46. The Balaban J connectivity index is 1.60. The average Bonchev–Trinajstić information content (AvgIpc) is 3.42. The van der Waals surface area contributed by atoms with Crippen molar-refractivity contribution in [2.45, 2.75) is 25.2 Å². The van der Waals surface area contributed by atoms with Crippen molar-refractivity contribution in [3.8, 4) is 5.75 Å². The monoisotopic (exact) mass is 480 g/mol. The molecule has 6 nitrogen and oxygen atoms in total. The molecule has 2 aromatic carbocycles. The number of likely N-dealkylation sites (tertiary alicyclic amines) is 1. The highest BCUT2D eigenvalue weighted by atomic mass is 19.4. The van der Waals surface area contributed by atoms with Crippen molar-refractivity contribution in [2.24, 2.45) is 0 Å². The lowest BCUT2D eigenvalue weighted by molar-refractivity contribution is -0.140. The Morgan fingerprint density at radius 3 is 2.69 bits per heavy atom.